The van der Waals surface area contributed by atoms with Crippen molar-refractivity contribution < 1.29 is 110 Å². The number of aromatic hydroxyl groups is 2. The highest BCUT2D eigenvalue weighted by molar-refractivity contribution is 6.17. The second-order valence-electron chi connectivity index (χ2n) is 39.3. The van der Waals surface area contributed by atoms with E-state index in [1.165, 1.54) is 28.4 Å². The summed E-state index contributed by atoms with van der Waals surface area (Å²) in [5.41, 5.74) is 9.75. The molecular weight excluding hydrogens is 1860 g/mol. The molecule has 0 radical (unpaired) electrons. The summed E-state index contributed by atoms with van der Waals surface area (Å²) in [5, 5.41) is 18.9. The molecule has 0 aliphatic heterocycles. The van der Waals surface area contributed by atoms with Crippen LogP contribution in [0, 0.1) is 57.4 Å². The Bertz CT molecular complexity index is 5890. The van der Waals surface area contributed by atoms with E-state index in [1.807, 2.05) is 91.0 Å². The molecule has 0 amide bonds. The van der Waals surface area contributed by atoms with Crippen molar-refractivity contribution in [2.75, 3.05) is 28.4 Å². The summed E-state index contributed by atoms with van der Waals surface area (Å²) >= 11 is 5.95. The lowest BCUT2D eigenvalue weighted by Gasteiger charge is -2.26. The molecule has 4 atom stereocenters. The minimum absolute atomic E-state index is 0. The Morgan fingerprint density at radius 1 is 0.338 bits per heavy atom. The first-order valence-electron chi connectivity index (χ1n) is 47.5. The minimum atomic E-state index is -4.58. The lowest BCUT2D eigenvalue weighted by molar-refractivity contribution is -0.142. The lowest BCUT2D eigenvalue weighted by Crippen LogP contribution is -2.11. The van der Waals surface area contributed by atoms with Gasteiger partial charge in [-0.25, -0.2) is 13.2 Å². The standard InChI is InChI=1S/2C34H34F4O3.C21H19ClF4.2C13H16O3.2CH4/c2*1-33(2)15-5-8-30(33)28-16-21(9-13-26(28)29-18-24(34(36,37)38)12-14-31(29)35)20-41-25-7-4-6-23(17-25)27(22-10-11-22)19-32(39)40-3;1-20(2)9-3-4-18(20)16-10-13(12-22)5-7-15(16)17-11-14(21(24,25)26)6-8-19(17)23;2*1-16-13(15)8-12(9-5-6-9)10-3-2-4-11(14)7-10;;/h2*4,6-9,12-14,16-18,22,27H,5,10-11,15,19-20H2,1-3H3;4-8,10-11H,3,9,12H2,1-2H3;2*2-4,7,9,12,14H,5-6,8H2,1H3;2*1H4/t2*27-;;2*12-;;/m10.10../s1. The predicted octanol–water partition coefficient (Wildman–Crippen LogP) is 32.3. The zero-order valence-electron chi connectivity index (χ0n) is 80.2. The molecule has 4 saturated carbocycles. The Morgan fingerprint density at radius 3 is 0.838 bits per heavy atom. The minimum Gasteiger partial charge on any atom is -0.508 e. The molecule has 10 aromatic rings. The van der Waals surface area contributed by atoms with Crippen LogP contribution in [0.25, 0.3) is 50.1 Å². The van der Waals surface area contributed by atoms with E-state index in [9.17, 15) is 82.1 Å². The van der Waals surface area contributed by atoms with Crippen molar-refractivity contribution in [1.82, 2.24) is 0 Å². The van der Waals surface area contributed by atoms with Crippen LogP contribution in [0.5, 0.6) is 23.0 Å². The number of hydrogen-bond acceptors (Lipinski definition) is 12. The van der Waals surface area contributed by atoms with E-state index in [0.717, 1.165) is 206 Å². The number of esters is 4. The van der Waals surface area contributed by atoms with Crippen molar-refractivity contribution in [2.45, 2.75) is 233 Å². The number of halogens is 13. The van der Waals surface area contributed by atoms with Gasteiger partial charge in [0.1, 0.15) is 53.7 Å². The molecule has 10 aromatic carbocycles. The summed E-state index contributed by atoms with van der Waals surface area (Å²) in [6.07, 6.45) is 8.36. The monoisotopic (exact) mass is 1990 g/mol. The molecule has 0 unspecified atom stereocenters. The van der Waals surface area contributed by atoms with Crippen LogP contribution >= 0.6 is 11.6 Å². The van der Waals surface area contributed by atoms with Crippen LogP contribution in [0.2, 0.25) is 0 Å². The largest absolute Gasteiger partial charge is 0.508 e. The second kappa shape index (κ2) is 47.4. The molecule has 2 N–H and O–H groups in total. The number of ether oxygens (including phenoxy) is 6. The van der Waals surface area contributed by atoms with E-state index in [-0.39, 0.29) is 126 Å². The van der Waals surface area contributed by atoms with E-state index >= 15 is 0 Å². The summed E-state index contributed by atoms with van der Waals surface area (Å²) in [6.45, 7) is 13.0. The first-order chi connectivity index (χ1) is 66.5. The van der Waals surface area contributed by atoms with Gasteiger partial charge in [0.05, 0.1) is 70.8 Å². The fourth-order valence-corrected chi connectivity index (χ4v) is 19.5. The summed E-state index contributed by atoms with van der Waals surface area (Å²) in [4.78, 5) is 46.6. The van der Waals surface area contributed by atoms with Gasteiger partial charge in [-0.1, -0.05) is 160 Å². The maximum atomic E-state index is 15.0. The zero-order chi connectivity index (χ0) is 101. The molecule has 0 saturated heterocycles. The molecule has 0 heterocycles. The van der Waals surface area contributed by atoms with Crippen LogP contribution in [0.3, 0.4) is 0 Å². The van der Waals surface area contributed by atoms with Crippen molar-refractivity contribution >= 4 is 52.2 Å². The van der Waals surface area contributed by atoms with Crippen LogP contribution in [0.15, 0.2) is 224 Å². The molecule has 7 aliphatic carbocycles. The maximum absolute atomic E-state index is 15.0. The Morgan fingerprint density at radius 2 is 0.599 bits per heavy atom. The summed E-state index contributed by atoms with van der Waals surface area (Å²) < 4.78 is 196. The van der Waals surface area contributed by atoms with E-state index in [2.05, 4.69) is 59.8 Å². The SMILES string of the molecule is C.C.CC1(C)CCC=C1c1cc(CCl)ccc1-c1cc(C(F)(F)F)ccc1F.COC(=O)C[C@@H](c1cccc(O)c1)C1CC1.COC(=O)C[C@@H](c1cccc(OCc2ccc(-c3cc(C(F)(F)F)ccc3F)c(C3=CCCC3(C)C)c2)c1)C1CC1.COC(=O)C[C@H](c1cccc(O)c1)C1CC1.COC(=O)C[C@H](c1cccc(OCc2ccc(-c3cc(C(F)(F)F)ccc3F)c(C3=CCCC3(C)C)c2)c1)C1CC1. The number of carbonyl (C=O) groups excluding carboxylic acids is 4. The number of hydrogen-bond donors (Lipinski definition) is 2. The van der Waals surface area contributed by atoms with Crippen LogP contribution in [0.4, 0.5) is 52.7 Å². The van der Waals surface area contributed by atoms with Crippen LogP contribution < -0.4 is 9.47 Å². The highest BCUT2D eigenvalue weighted by Crippen LogP contribution is 2.55. The number of carbonyl (C=O) groups is 4. The normalized spacial score (nSPS) is 16.8. The van der Waals surface area contributed by atoms with Crippen LogP contribution in [0.1, 0.15) is 268 Å². The summed E-state index contributed by atoms with van der Waals surface area (Å²) in [7, 11) is 5.62. The average molecular weight is 1990 g/mol. The van der Waals surface area contributed by atoms with Gasteiger partial charge in [0.2, 0.25) is 0 Å². The number of allylic oxidation sites excluding steroid dienone is 6. The Balaban J connectivity index is 0.000000178. The molecule has 758 valence electrons. The molecule has 0 aromatic heterocycles. The average Bonchev–Trinajstić information content (AvgIpc) is 1.58. The van der Waals surface area contributed by atoms with E-state index in [0.29, 0.717) is 88.7 Å². The number of phenolic OH excluding ortho intramolecular Hbond substituents is 2. The summed E-state index contributed by atoms with van der Waals surface area (Å²) in [6, 6.07) is 53.4. The molecule has 12 nitrogen and oxygen atoms in total. The lowest BCUT2D eigenvalue weighted by atomic mass is 9.79. The highest BCUT2D eigenvalue weighted by Gasteiger charge is 2.42. The Labute approximate surface area is 830 Å². The maximum Gasteiger partial charge on any atom is 0.416 e. The van der Waals surface area contributed by atoms with Gasteiger partial charge in [0, 0.05) is 22.6 Å². The molecule has 0 bridgehead atoms. The van der Waals surface area contributed by atoms with E-state index in [1.54, 1.807) is 60.7 Å². The van der Waals surface area contributed by atoms with Gasteiger partial charge >= 0.3 is 42.4 Å². The quantitative estimate of drug-likeness (QED) is 0.0198. The predicted molar refractivity (Wildman–Crippen MR) is 533 cm³/mol. The van der Waals surface area contributed by atoms with Crippen LogP contribution in [-0.2, 0) is 75.7 Å². The third-order valence-corrected chi connectivity index (χ3v) is 28.1. The zero-order valence-corrected chi connectivity index (χ0v) is 81.0. The topological polar surface area (TPSA) is 164 Å². The molecule has 25 heteroatoms. The van der Waals surface area contributed by atoms with E-state index in [4.69, 9.17) is 40.0 Å². The van der Waals surface area contributed by atoms with Crippen molar-refractivity contribution in [3.8, 4) is 56.4 Å². The number of phenols is 2. The first kappa shape index (κ1) is 110. The highest BCUT2D eigenvalue weighted by atomic mass is 35.5. The summed E-state index contributed by atoms with van der Waals surface area (Å²) in [5.74, 6) is 1.82. The van der Waals surface area contributed by atoms with Gasteiger partial charge in [-0.3, -0.25) is 19.2 Å². The number of benzene rings is 10. The number of rotatable bonds is 29. The van der Waals surface area contributed by atoms with Gasteiger partial charge in [0.15, 0.2) is 0 Å². The van der Waals surface area contributed by atoms with Gasteiger partial charge in [0.25, 0.3) is 0 Å². The number of alkyl halides is 10. The molecule has 142 heavy (non-hydrogen) atoms. The van der Waals surface area contributed by atoms with Crippen molar-refractivity contribution in [2.24, 2.45) is 39.9 Å². The van der Waals surface area contributed by atoms with E-state index < -0.39 is 52.7 Å². The van der Waals surface area contributed by atoms with Crippen molar-refractivity contribution in [3.63, 3.8) is 0 Å². The van der Waals surface area contributed by atoms with Gasteiger partial charge in [-0.2, -0.15) is 39.5 Å². The molecular formula is C117H127ClF12O12. The van der Waals surface area contributed by atoms with Gasteiger partial charge in [-0.15, -0.1) is 11.6 Å². The molecule has 0 spiro atoms. The third kappa shape index (κ3) is 28.9. The first-order valence-corrected chi connectivity index (χ1v) is 48.0. The molecule has 7 aliphatic rings. The van der Waals surface area contributed by atoms with Gasteiger partial charge in [-0.05, 0) is 364 Å². The fraction of sp³-hybridized carbons (Fsp3) is 0.402. The molecule has 4 fully saturated rings. The third-order valence-electron chi connectivity index (χ3n) is 27.8. The Kier molecular flexibility index (Phi) is 36.9. The van der Waals surface area contributed by atoms with Crippen molar-refractivity contribution in [3.05, 3.63) is 314 Å². The van der Waals surface area contributed by atoms with Crippen molar-refractivity contribution in [1.29, 1.82) is 0 Å². The Hall–Kier alpha value is -12.1. The van der Waals surface area contributed by atoms with Crippen LogP contribution in [-0.4, -0.2) is 62.5 Å². The molecule has 17 rings (SSSR count). The fourth-order valence-electron chi connectivity index (χ4n) is 19.3. The second-order valence-corrected chi connectivity index (χ2v) is 39.5. The number of methoxy groups -OCH3 is 4. The van der Waals surface area contributed by atoms with Gasteiger partial charge < -0.3 is 38.6 Å². The smallest absolute Gasteiger partial charge is 0.416 e.